The first-order valence-corrected chi connectivity index (χ1v) is 8.81. The molecule has 2 aromatic rings. The van der Waals surface area contributed by atoms with Crippen LogP contribution in [0.15, 0.2) is 29.6 Å². The number of carbonyl (C=O) groups is 1. The van der Waals surface area contributed by atoms with Gasteiger partial charge in [0, 0.05) is 37.3 Å². The quantitative estimate of drug-likeness (QED) is 0.778. The molecule has 1 fully saturated rings. The van der Waals surface area contributed by atoms with E-state index in [1.165, 1.54) is 23.1 Å². The van der Waals surface area contributed by atoms with Crippen molar-refractivity contribution in [2.75, 3.05) is 26.2 Å². The minimum absolute atomic E-state index is 0. The molecule has 1 aliphatic rings. The molecule has 0 bridgehead atoms. The van der Waals surface area contributed by atoms with Gasteiger partial charge in [-0.1, -0.05) is 12.1 Å². The molecule has 26 heavy (non-hydrogen) atoms. The van der Waals surface area contributed by atoms with Crippen molar-refractivity contribution in [3.63, 3.8) is 0 Å². The number of rotatable bonds is 3. The summed E-state index contributed by atoms with van der Waals surface area (Å²) in [6.07, 6.45) is -4.53. The van der Waals surface area contributed by atoms with Crippen molar-refractivity contribution in [2.24, 2.45) is 0 Å². The minimum atomic E-state index is -4.53. The standard InChI is InChI=1S/C17H18F3N3OS.ClH/c1-12-11-25-15(21-12)10-22-6-8-23(9-7-22)16(24)13-4-2-3-5-14(13)17(18,19)20;/h2-5,11H,6-10H2,1H3;1H. The molecule has 1 amide bonds. The predicted molar refractivity (Wildman–Crippen MR) is 96.7 cm³/mol. The van der Waals surface area contributed by atoms with Gasteiger partial charge in [-0.3, -0.25) is 9.69 Å². The maximum atomic E-state index is 13.1. The molecule has 0 saturated carbocycles. The summed E-state index contributed by atoms with van der Waals surface area (Å²) in [5.41, 5.74) is -0.169. The first kappa shape index (κ1) is 20.7. The molecule has 0 atom stereocenters. The molecule has 3 rings (SSSR count). The summed E-state index contributed by atoms with van der Waals surface area (Å²) in [6.45, 7) is 4.72. The minimum Gasteiger partial charge on any atom is -0.336 e. The summed E-state index contributed by atoms with van der Waals surface area (Å²) >= 11 is 1.59. The van der Waals surface area contributed by atoms with Crippen LogP contribution >= 0.6 is 23.7 Å². The SMILES string of the molecule is Cc1csc(CN2CCN(C(=O)c3ccccc3C(F)(F)F)CC2)n1.Cl. The van der Waals surface area contributed by atoms with Crippen LogP contribution in [-0.4, -0.2) is 46.9 Å². The molecule has 0 radical (unpaired) electrons. The Morgan fingerprint density at radius 1 is 1.19 bits per heavy atom. The van der Waals surface area contributed by atoms with Crippen LogP contribution < -0.4 is 0 Å². The van der Waals surface area contributed by atoms with Crippen LogP contribution in [0.25, 0.3) is 0 Å². The summed E-state index contributed by atoms with van der Waals surface area (Å²) in [6, 6.07) is 4.96. The van der Waals surface area contributed by atoms with Crippen LogP contribution in [0.5, 0.6) is 0 Å². The average molecular weight is 406 g/mol. The second-order valence-electron chi connectivity index (χ2n) is 5.99. The number of thiazole rings is 1. The van der Waals surface area contributed by atoms with Crippen LogP contribution in [0.2, 0.25) is 0 Å². The highest BCUT2D eigenvalue weighted by Crippen LogP contribution is 2.32. The highest BCUT2D eigenvalue weighted by Gasteiger charge is 2.36. The van der Waals surface area contributed by atoms with Crippen molar-refractivity contribution in [3.8, 4) is 0 Å². The summed E-state index contributed by atoms with van der Waals surface area (Å²) in [4.78, 5) is 20.6. The monoisotopic (exact) mass is 405 g/mol. The number of aryl methyl sites for hydroxylation is 1. The van der Waals surface area contributed by atoms with Crippen molar-refractivity contribution in [1.29, 1.82) is 0 Å². The fraction of sp³-hybridized carbons (Fsp3) is 0.412. The van der Waals surface area contributed by atoms with E-state index in [0.29, 0.717) is 32.7 Å². The van der Waals surface area contributed by atoms with Gasteiger partial charge in [-0.25, -0.2) is 4.98 Å². The number of alkyl halides is 3. The average Bonchev–Trinajstić information content (AvgIpc) is 2.99. The molecule has 9 heteroatoms. The number of amides is 1. The number of hydrogen-bond acceptors (Lipinski definition) is 4. The number of benzene rings is 1. The Labute approximate surface area is 160 Å². The molecule has 142 valence electrons. The van der Waals surface area contributed by atoms with Gasteiger partial charge in [-0.05, 0) is 19.1 Å². The Hall–Kier alpha value is -1.64. The predicted octanol–water partition coefficient (Wildman–Crippen LogP) is 3.85. The lowest BCUT2D eigenvalue weighted by Crippen LogP contribution is -2.48. The van der Waals surface area contributed by atoms with Gasteiger partial charge in [0.2, 0.25) is 0 Å². The Bertz CT molecular complexity index is 758. The van der Waals surface area contributed by atoms with Crippen LogP contribution in [-0.2, 0) is 12.7 Å². The van der Waals surface area contributed by atoms with E-state index in [9.17, 15) is 18.0 Å². The maximum Gasteiger partial charge on any atom is 0.417 e. The topological polar surface area (TPSA) is 36.4 Å². The third-order valence-corrected chi connectivity index (χ3v) is 5.10. The summed E-state index contributed by atoms with van der Waals surface area (Å²) in [5.74, 6) is -0.558. The van der Waals surface area contributed by atoms with Crippen LogP contribution in [0, 0.1) is 6.92 Å². The Morgan fingerprint density at radius 3 is 2.42 bits per heavy atom. The number of aromatic nitrogens is 1. The molecule has 1 aromatic carbocycles. The molecule has 0 aliphatic carbocycles. The third-order valence-electron chi connectivity index (χ3n) is 4.15. The van der Waals surface area contributed by atoms with Gasteiger partial charge in [0.1, 0.15) is 5.01 Å². The largest absolute Gasteiger partial charge is 0.417 e. The molecule has 0 unspecified atom stereocenters. The zero-order chi connectivity index (χ0) is 18.0. The van der Waals surface area contributed by atoms with Crippen molar-refractivity contribution in [1.82, 2.24) is 14.8 Å². The summed E-state index contributed by atoms with van der Waals surface area (Å²) in [5, 5.41) is 3.00. The number of carbonyl (C=O) groups excluding carboxylic acids is 1. The van der Waals surface area contributed by atoms with Crippen LogP contribution in [0.4, 0.5) is 13.2 Å². The third kappa shape index (κ3) is 4.75. The maximum absolute atomic E-state index is 13.1. The van der Waals surface area contributed by atoms with Gasteiger partial charge in [0.15, 0.2) is 0 Å². The van der Waals surface area contributed by atoms with Crippen molar-refractivity contribution in [3.05, 3.63) is 51.5 Å². The normalized spacial score (nSPS) is 15.6. The van der Waals surface area contributed by atoms with Gasteiger partial charge >= 0.3 is 6.18 Å². The molecular weight excluding hydrogens is 387 g/mol. The van der Waals surface area contributed by atoms with E-state index < -0.39 is 17.6 Å². The lowest BCUT2D eigenvalue weighted by atomic mass is 10.1. The summed E-state index contributed by atoms with van der Waals surface area (Å²) in [7, 11) is 0. The van der Waals surface area contributed by atoms with Gasteiger partial charge in [-0.15, -0.1) is 23.7 Å². The Balaban J connectivity index is 0.00000243. The summed E-state index contributed by atoms with van der Waals surface area (Å²) < 4.78 is 39.3. The first-order valence-electron chi connectivity index (χ1n) is 7.93. The highest BCUT2D eigenvalue weighted by atomic mass is 35.5. The van der Waals surface area contributed by atoms with Gasteiger partial charge in [0.25, 0.3) is 5.91 Å². The smallest absolute Gasteiger partial charge is 0.336 e. The van der Waals surface area contributed by atoms with Gasteiger partial charge in [-0.2, -0.15) is 13.2 Å². The lowest BCUT2D eigenvalue weighted by molar-refractivity contribution is -0.138. The fourth-order valence-electron chi connectivity index (χ4n) is 2.86. The molecule has 2 heterocycles. The fourth-order valence-corrected chi connectivity index (χ4v) is 3.68. The van der Waals surface area contributed by atoms with E-state index in [1.54, 1.807) is 11.3 Å². The Kier molecular flexibility index (Phi) is 6.65. The first-order chi connectivity index (χ1) is 11.8. The molecule has 0 N–H and O–H groups in total. The van der Waals surface area contributed by atoms with Crippen molar-refractivity contribution < 1.29 is 18.0 Å². The zero-order valence-corrected chi connectivity index (χ0v) is 15.8. The van der Waals surface area contributed by atoms with E-state index >= 15 is 0 Å². The zero-order valence-electron chi connectivity index (χ0n) is 14.1. The van der Waals surface area contributed by atoms with Crippen molar-refractivity contribution >= 4 is 29.7 Å². The second kappa shape index (κ2) is 8.37. The molecule has 0 spiro atoms. The van der Waals surface area contributed by atoms with E-state index in [4.69, 9.17) is 0 Å². The molecule has 1 aromatic heterocycles. The van der Waals surface area contributed by atoms with E-state index in [0.717, 1.165) is 16.8 Å². The van der Waals surface area contributed by atoms with E-state index in [2.05, 4.69) is 9.88 Å². The molecular formula is C17H19ClF3N3OS. The Morgan fingerprint density at radius 2 is 1.85 bits per heavy atom. The van der Waals surface area contributed by atoms with Crippen molar-refractivity contribution in [2.45, 2.75) is 19.6 Å². The van der Waals surface area contributed by atoms with E-state index in [1.807, 2.05) is 12.3 Å². The number of piperazine rings is 1. The molecule has 1 saturated heterocycles. The van der Waals surface area contributed by atoms with Gasteiger partial charge < -0.3 is 4.90 Å². The number of nitrogens with zero attached hydrogens (tertiary/aromatic N) is 3. The van der Waals surface area contributed by atoms with Gasteiger partial charge in [0.05, 0.1) is 17.7 Å². The van der Waals surface area contributed by atoms with E-state index in [-0.39, 0.29) is 18.0 Å². The lowest BCUT2D eigenvalue weighted by Gasteiger charge is -2.34. The number of halogens is 4. The molecule has 4 nitrogen and oxygen atoms in total. The molecule has 1 aliphatic heterocycles. The van der Waals surface area contributed by atoms with Crippen LogP contribution in [0.1, 0.15) is 26.6 Å². The second-order valence-corrected chi connectivity index (χ2v) is 6.94. The number of hydrogen-bond donors (Lipinski definition) is 0. The highest BCUT2D eigenvalue weighted by molar-refractivity contribution is 7.09. The van der Waals surface area contributed by atoms with Crippen LogP contribution in [0.3, 0.4) is 0 Å².